The topological polar surface area (TPSA) is 47.7 Å². The number of halogens is 2. The SMILES string of the molecule is Cl.FCCn1ccc(CNCc2cnn(C3CCCC3)c2)n1. The Kier molecular flexibility index (Phi) is 6.39. The molecule has 3 rings (SSSR count). The van der Waals surface area contributed by atoms with Gasteiger partial charge in [-0.15, -0.1) is 12.4 Å². The van der Waals surface area contributed by atoms with Crippen LogP contribution in [0.3, 0.4) is 0 Å². The molecule has 0 aliphatic heterocycles. The van der Waals surface area contributed by atoms with Gasteiger partial charge in [0.1, 0.15) is 6.67 Å². The average molecular weight is 328 g/mol. The maximum atomic E-state index is 12.2. The van der Waals surface area contributed by atoms with Crippen molar-refractivity contribution in [3.8, 4) is 0 Å². The van der Waals surface area contributed by atoms with Crippen LogP contribution in [-0.2, 0) is 19.6 Å². The molecule has 2 heterocycles. The highest BCUT2D eigenvalue weighted by atomic mass is 35.5. The Morgan fingerprint density at radius 3 is 2.86 bits per heavy atom. The number of aryl methyl sites for hydroxylation is 1. The molecule has 0 spiro atoms. The minimum absolute atomic E-state index is 0. The van der Waals surface area contributed by atoms with Gasteiger partial charge in [0.2, 0.25) is 0 Å². The van der Waals surface area contributed by atoms with Gasteiger partial charge < -0.3 is 5.32 Å². The standard InChI is InChI=1S/C15H22FN5.ClH/c16-6-8-20-7-5-14(19-20)11-17-9-13-10-18-21(12-13)15-3-1-2-4-15;/h5,7,10,12,15,17H,1-4,6,8-9,11H2;1H. The van der Waals surface area contributed by atoms with E-state index >= 15 is 0 Å². The second-order valence-corrected chi connectivity index (χ2v) is 5.63. The zero-order valence-corrected chi connectivity index (χ0v) is 13.4. The van der Waals surface area contributed by atoms with E-state index in [1.807, 2.05) is 18.5 Å². The van der Waals surface area contributed by atoms with Crippen LogP contribution in [0.15, 0.2) is 24.7 Å². The molecule has 5 nitrogen and oxygen atoms in total. The second-order valence-electron chi connectivity index (χ2n) is 5.63. The average Bonchev–Trinajstić information content (AvgIpc) is 3.20. The minimum Gasteiger partial charge on any atom is -0.307 e. The van der Waals surface area contributed by atoms with Gasteiger partial charge in [-0.05, 0) is 18.9 Å². The fraction of sp³-hybridized carbons (Fsp3) is 0.600. The van der Waals surface area contributed by atoms with Crippen molar-refractivity contribution < 1.29 is 4.39 Å². The van der Waals surface area contributed by atoms with E-state index in [1.54, 1.807) is 4.68 Å². The summed E-state index contributed by atoms with van der Waals surface area (Å²) >= 11 is 0. The summed E-state index contributed by atoms with van der Waals surface area (Å²) in [4.78, 5) is 0. The number of hydrogen-bond donors (Lipinski definition) is 1. The van der Waals surface area contributed by atoms with E-state index in [0.717, 1.165) is 12.2 Å². The van der Waals surface area contributed by atoms with E-state index in [1.165, 1.54) is 31.2 Å². The van der Waals surface area contributed by atoms with E-state index in [4.69, 9.17) is 0 Å². The van der Waals surface area contributed by atoms with Gasteiger partial charge >= 0.3 is 0 Å². The third kappa shape index (κ3) is 4.30. The quantitative estimate of drug-likeness (QED) is 0.850. The Morgan fingerprint density at radius 1 is 1.27 bits per heavy atom. The summed E-state index contributed by atoms with van der Waals surface area (Å²) in [5.41, 5.74) is 2.14. The molecule has 2 aromatic heterocycles. The largest absolute Gasteiger partial charge is 0.307 e. The minimum atomic E-state index is -0.380. The molecule has 122 valence electrons. The molecule has 0 unspecified atom stereocenters. The number of nitrogens with one attached hydrogen (secondary N) is 1. The van der Waals surface area contributed by atoms with Gasteiger partial charge in [-0.3, -0.25) is 9.36 Å². The van der Waals surface area contributed by atoms with Crippen LogP contribution in [0.25, 0.3) is 0 Å². The highest BCUT2D eigenvalue weighted by Gasteiger charge is 2.17. The Balaban J connectivity index is 0.00000176. The van der Waals surface area contributed by atoms with E-state index in [2.05, 4.69) is 26.4 Å². The van der Waals surface area contributed by atoms with Crippen molar-refractivity contribution in [1.29, 1.82) is 0 Å². The molecule has 0 bridgehead atoms. The van der Waals surface area contributed by atoms with Gasteiger partial charge in [0.15, 0.2) is 0 Å². The van der Waals surface area contributed by atoms with Crippen molar-refractivity contribution in [3.63, 3.8) is 0 Å². The molecule has 2 aromatic rings. The second kappa shape index (κ2) is 8.29. The van der Waals surface area contributed by atoms with Gasteiger partial charge in [0, 0.05) is 31.0 Å². The molecule has 0 atom stereocenters. The first-order valence-corrected chi connectivity index (χ1v) is 7.67. The van der Waals surface area contributed by atoms with Crippen LogP contribution in [0, 0.1) is 0 Å². The molecule has 0 aromatic carbocycles. The zero-order chi connectivity index (χ0) is 14.5. The summed E-state index contributed by atoms with van der Waals surface area (Å²) in [6, 6.07) is 2.51. The lowest BCUT2D eigenvalue weighted by Gasteiger charge is -2.08. The Hall–Kier alpha value is -1.40. The van der Waals surface area contributed by atoms with Crippen molar-refractivity contribution in [3.05, 3.63) is 35.9 Å². The van der Waals surface area contributed by atoms with Gasteiger partial charge in [-0.2, -0.15) is 10.2 Å². The summed E-state index contributed by atoms with van der Waals surface area (Å²) in [7, 11) is 0. The third-order valence-electron chi connectivity index (χ3n) is 4.00. The van der Waals surface area contributed by atoms with E-state index in [0.29, 0.717) is 19.1 Å². The van der Waals surface area contributed by atoms with Crippen LogP contribution in [-0.4, -0.2) is 26.2 Å². The van der Waals surface area contributed by atoms with Crippen LogP contribution in [0.1, 0.15) is 43.0 Å². The molecule has 1 N–H and O–H groups in total. The van der Waals surface area contributed by atoms with Crippen LogP contribution in [0.2, 0.25) is 0 Å². The maximum absolute atomic E-state index is 12.2. The highest BCUT2D eigenvalue weighted by Crippen LogP contribution is 2.28. The number of rotatable bonds is 7. The molecular formula is C15H23ClFN5. The summed E-state index contributed by atoms with van der Waals surface area (Å²) in [6.45, 7) is 1.42. The predicted octanol–water partition coefficient (Wildman–Crippen LogP) is 2.88. The number of hydrogen-bond acceptors (Lipinski definition) is 3. The molecule has 1 aliphatic carbocycles. The van der Waals surface area contributed by atoms with Gasteiger partial charge in [0.25, 0.3) is 0 Å². The monoisotopic (exact) mass is 327 g/mol. The van der Waals surface area contributed by atoms with Crippen molar-refractivity contribution >= 4 is 12.4 Å². The third-order valence-corrected chi connectivity index (χ3v) is 4.00. The highest BCUT2D eigenvalue weighted by molar-refractivity contribution is 5.85. The van der Waals surface area contributed by atoms with Crippen LogP contribution < -0.4 is 5.32 Å². The molecule has 1 aliphatic rings. The normalized spacial score (nSPS) is 15.1. The molecule has 1 saturated carbocycles. The first-order valence-electron chi connectivity index (χ1n) is 7.67. The number of nitrogens with zero attached hydrogens (tertiary/aromatic N) is 4. The summed E-state index contributed by atoms with van der Waals surface area (Å²) in [6.07, 6.45) is 11.0. The molecule has 0 saturated heterocycles. The predicted molar refractivity (Wildman–Crippen MR) is 85.7 cm³/mol. The molecule has 7 heteroatoms. The lowest BCUT2D eigenvalue weighted by Crippen LogP contribution is -2.13. The van der Waals surface area contributed by atoms with Crippen molar-refractivity contribution in [1.82, 2.24) is 24.9 Å². The smallest absolute Gasteiger partial charge is 0.109 e. The van der Waals surface area contributed by atoms with E-state index < -0.39 is 0 Å². The van der Waals surface area contributed by atoms with E-state index in [9.17, 15) is 4.39 Å². The molecular weight excluding hydrogens is 305 g/mol. The van der Waals surface area contributed by atoms with Crippen LogP contribution in [0.5, 0.6) is 0 Å². The van der Waals surface area contributed by atoms with Crippen LogP contribution in [0.4, 0.5) is 4.39 Å². The first kappa shape index (κ1) is 17.0. The lowest BCUT2D eigenvalue weighted by atomic mass is 10.2. The lowest BCUT2D eigenvalue weighted by molar-refractivity contribution is 0.425. The van der Waals surface area contributed by atoms with Crippen LogP contribution >= 0.6 is 12.4 Å². The Bertz CT molecular complexity index is 562. The Labute approximate surface area is 136 Å². The zero-order valence-electron chi connectivity index (χ0n) is 12.6. The summed E-state index contributed by atoms with van der Waals surface area (Å²) in [5.74, 6) is 0. The van der Waals surface area contributed by atoms with Gasteiger partial charge in [0.05, 0.1) is 24.5 Å². The summed E-state index contributed by atoms with van der Waals surface area (Å²) in [5, 5.41) is 12.1. The Morgan fingerprint density at radius 2 is 2.09 bits per heavy atom. The maximum Gasteiger partial charge on any atom is 0.109 e. The molecule has 0 radical (unpaired) electrons. The molecule has 0 amide bonds. The van der Waals surface area contributed by atoms with Crippen molar-refractivity contribution in [2.75, 3.05) is 6.67 Å². The fourth-order valence-electron chi connectivity index (χ4n) is 2.88. The molecule has 1 fully saturated rings. The van der Waals surface area contributed by atoms with Crippen molar-refractivity contribution in [2.45, 2.75) is 51.4 Å². The number of aromatic nitrogens is 4. The van der Waals surface area contributed by atoms with Crippen molar-refractivity contribution in [2.24, 2.45) is 0 Å². The fourth-order valence-corrected chi connectivity index (χ4v) is 2.88. The van der Waals surface area contributed by atoms with Gasteiger partial charge in [-0.25, -0.2) is 4.39 Å². The number of alkyl halides is 1. The van der Waals surface area contributed by atoms with Gasteiger partial charge in [-0.1, -0.05) is 12.8 Å². The van der Waals surface area contributed by atoms with E-state index in [-0.39, 0.29) is 19.1 Å². The summed E-state index contributed by atoms with van der Waals surface area (Å²) < 4.78 is 16.0. The molecule has 22 heavy (non-hydrogen) atoms. The first-order chi connectivity index (χ1) is 10.3.